The van der Waals surface area contributed by atoms with E-state index in [4.69, 9.17) is 28.6 Å². The van der Waals surface area contributed by atoms with Crippen LogP contribution in [0.15, 0.2) is 90.4 Å². The minimum atomic E-state index is -2.83. The highest BCUT2D eigenvalue weighted by Crippen LogP contribution is 2.30. The molecule has 1 unspecified atom stereocenters. The second kappa shape index (κ2) is 13.2. The number of piperazine rings is 1. The first kappa shape index (κ1) is 30.6. The van der Waals surface area contributed by atoms with Crippen LogP contribution in [-0.2, 0) is 20.8 Å². The lowest BCUT2D eigenvalue weighted by Crippen LogP contribution is -2.60. The van der Waals surface area contributed by atoms with E-state index in [9.17, 15) is 23.2 Å². The minimum Gasteiger partial charge on any atom is -0.336 e. The van der Waals surface area contributed by atoms with Gasteiger partial charge in [-0.3, -0.25) is 19.3 Å². The molecule has 3 N–H and O–H groups in total. The van der Waals surface area contributed by atoms with Gasteiger partial charge in [0.15, 0.2) is 5.15 Å². The number of allylic oxidation sites excluding steroid dienone is 4. The van der Waals surface area contributed by atoms with Gasteiger partial charge in [-0.2, -0.15) is 8.78 Å². The van der Waals surface area contributed by atoms with Crippen molar-refractivity contribution in [2.24, 2.45) is 0 Å². The third kappa shape index (κ3) is 7.01. The van der Waals surface area contributed by atoms with Crippen LogP contribution in [0.3, 0.4) is 0 Å². The van der Waals surface area contributed by atoms with Crippen LogP contribution in [-0.4, -0.2) is 69.0 Å². The van der Waals surface area contributed by atoms with Gasteiger partial charge in [0.1, 0.15) is 19.1 Å². The van der Waals surface area contributed by atoms with Crippen LogP contribution in [0, 0.1) is 5.41 Å². The first-order chi connectivity index (χ1) is 21.1. The lowest BCUT2D eigenvalue weighted by Gasteiger charge is -2.38. The lowest BCUT2D eigenvalue weighted by atomic mass is 10.0. The number of nitrogens with zero attached hydrogens (tertiary/aromatic N) is 5. The Morgan fingerprint density at radius 2 is 1.82 bits per heavy atom. The number of anilines is 1. The van der Waals surface area contributed by atoms with Crippen LogP contribution in [0.25, 0.3) is 5.69 Å². The molecule has 1 aliphatic heterocycles. The van der Waals surface area contributed by atoms with E-state index in [1.54, 1.807) is 36.4 Å². The monoisotopic (exact) mass is 640 g/mol. The Labute approximate surface area is 259 Å². The van der Waals surface area contributed by atoms with E-state index in [2.05, 4.69) is 15.6 Å². The normalized spacial score (nSPS) is 16.9. The molecule has 0 bridgehead atoms. The third-order valence-electron chi connectivity index (χ3n) is 6.80. The molecule has 2 heterocycles. The van der Waals surface area contributed by atoms with Gasteiger partial charge in [-0.15, -0.1) is 5.10 Å². The van der Waals surface area contributed by atoms with Gasteiger partial charge in [-0.1, -0.05) is 58.7 Å². The summed E-state index contributed by atoms with van der Waals surface area (Å²) in [4.78, 5) is 43.4. The fraction of sp³-hybridized carbons (Fsp3) is 0.172. The minimum absolute atomic E-state index is 0.0394. The van der Waals surface area contributed by atoms with Crippen molar-refractivity contribution in [1.82, 2.24) is 30.5 Å². The molecule has 3 aromatic rings. The summed E-state index contributed by atoms with van der Waals surface area (Å²) in [7, 11) is 0. The number of carbonyl (C=O) groups is 3. The zero-order valence-corrected chi connectivity index (χ0v) is 24.3. The molecule has 3 amide bonds. The Balaban J connectivity index is 1.42. The number of benzene rings is 2. The van der Waals surface area contributed by atoms with Gasteiger partial charge in [0.05, 0.1) is 23.3 Å². The Morgan fingerprint density at radius 1 is 1.05 bits per heavy atom. The topological polar surface area (TPSA) is 136 Å². The molecule has 2 aliphatic rings. The summed E-state index contributed by atoms with van der Waals surface area (Å²) in [5.41, 5.74) is 1.76. The molecule has 44 heavy (non-hydrogen) atoms. The van der Waals surface area contributed by atoms with Crippen molar-refractivity contribution in [1.29, 1.82) is 5.41 Å². The maximum atomic E-state index is 13.7. The molecule has 2 aromatic carbocycles. The average Bonchev–Trinajstić information content (AvgIpc) is 3.43. The number of rotatable bonds is 9. The Morgan fingerprint density at radius 3 is 2.52 bits per heavy atom. The third-order valence-corrected chi connectivity index (χ3v) is 7.20. The summed E-state index contributed by atoms with van der Waals surface area (Å²) in [6, 6.07) is 12.6. The van der Waals surface area contributed by atoms with Gasteiger partial charge in [-0.25, -0.2) is 4.68 Å². The molecule has 15 heteroatoms. The maximum Gasteiger partial charge on any atom is 0.312 e. The molecule has 0 saturated carbocycles. The van der Waals surface area contributed by atoms with Crippen LogP contribution in [0.1, 0.15) is 5.56 Å². The zero-order valence-electron chi connectivity index (χ0n) is 22.8. The number of aromatic nitrogens is 3. The summed E-state index contributed by atoms with van der Waals surface area (Å²) >= 11 is 12.2. The molecule has 5 rings (SSSR count). The van der Waals surface area contributed by atoms with Gasteiger partial charge in [0.2, 0.25) is 17.7 Å². The summed E-state index contributed by atoms with van der Waals surface area (Å²) in [6.07, 6.45) is 6.66. The largest absolute Gasteiger partial charge is 0.336 e. The van der Waals surface area contributed by atoms with Crippen molar-refractivity contribution in [3.8, 4) is 5.69 Å². The molecule has 11 nitrogen and oxygen atoms in total. The van der Waals surface area contributed by atoms with Gasteiger partial charge >= 0.3 is 6.55 Å². The molecule has 0 spiro atoms. The number of hydrogen-bond acceptors (Lipinski definition) is 7. The number of nitrogens with one attached hydrogen (secondary N) is 3. The Kier molecular flexibility index (Phi) is 9.16. The van der Waals surface area contributed by atoms with E-state index >= 15 is 0 Å². The van der Waals surface area contributed by atoms with E-state index in [0.717, 1.165) is 11.8 Å². The summed E-state index contributed by atoms with van der Waals surface area (Å²) < 4.78 is 26.7. The van der Waals surface area contributed by atoms with Crippen LogP contribution in [0.4, 0.5) is 14.5 Å². The quantitative estimate of drug-likeness (QED) is 0.306. The lowest BCUT2D eigenvalue weighted by molar-refractivity contribution is -0.145. The summed E-state index contributed by atoms with van der Waals surface area (Å²) in [5.74, 6) is -1.58. The first-order valence-corrected chi connectivity index (χ1v) is 13.9. The molecule has 1 atom stereocenters. The van der Waals surface area contributed by atoms with Crippen molar-refractivity contribution in [2.45, 2.75) is 19.0 Å². The summed E-state index contributed by atoms with van der Waals surface area (Å²) in [5, 5.41) is 20.7. The van der Waals surface area contributed by atoms with E-state index < -0.39 is 36.9 Å². The molecule has 226 valence electrons. The van der Waals surface area contributed by atoms with Gasteiger partial charge in [0, 0.05) is 28.9 Å². The molecule has 1 aromatic heterocycles. The second-order valence-corrected chi connectivity index (χ2v) is 10.6. The zero-order chi connectivity index (χ0) is 31.4. The average molecular weight is 641 g/mol. The number of hydrogen-bond donors (Lipinski definition) is 3. The van der Waals surface area contributed by atoms with E-state index in [0.29, 0.717) is 16.4 Å². The maximum absolute atomic E-state index is 13.7. The smallest absolute Gasteiger partial charge is 0.312 e. The molecule has 0 radical (unpaired) electrons. The van der Waals surface area contributed by atoms with E-state index in [1.165, 1.54) is 45.0 Å². The van der Waals surface area contributed by atoms with Gasteiger partial charge in [-0.05, 0) is 42.0 Å². The molecule has 1 aliphatic carbocycles. The standard InChI is InChI=1S/C29H24Cl2F2N8O3/c30-19-6-9-22(41-14-25(31)37-38-41)23(12-19)39-15-27(43)40(16-26(39)42)24(10-17-4-2-1-3-5-17)28(44)36-20-7-8-21(34)18(11-20)13-35-29(32)33/h1-9,11-14,24,29,34-35H,10,15-16H2,(H,36,44)/b18-13-,34-21?. The number of halogens is 4. The van der Waals surface area contributed by atoms with Gasteiger partial charge < -0.3 is 20.9 Å². The fourth-order valence-corrected chi connectivity index (χ4v) is 5.02. The summed E-state index contributed by atoms with van der Waals surface area (Å²) in [6.45, 7) is -3.64. The van der Waals surface area contributed by atoms with Crippen molar-refractivity contribution < 1.29 is 23.2 Å². The Bertz CT molecular complexity index is 1710. The number of amides is 3. The second-order valence-electron chi connectivity index (χ2n) is 9.73. The van der Waals surface area contributed by atoms with Crippen molar-refractivity contribution in [2.75, 3.05) is 18.0 Å². The van der Waals surface area contributed by atoms with Gasteiger partial charge in [0.25, 0.3) is 0 Å². The van der Waals surface area contributed by atoms with Crippen molar-refractivity contribution in [3.05, 3.63) is 106 Å². The van der Waals surface area contributed by atoms with Crippen molar-refractivity contribution >= 4 is 52.3 Å². The van der Waals surface area contributed by atoms with Crippen LogP contribution in [0.5, 0.6) is 0 Å². The Hall–Kier alpha value is -4.88. The van der Waals surface area contributed by atoms with Crippen LogP contribution in [0.2, 0.25) is 10.2 Å². The van der Waals surface area contributed by atoms with Crippen LogP contribution < -0.4 is 15.5 Å². The first-order valence-electron chi connectivity index (χ1n) is 13.1. The number of alkyl halides is 2. The predicted molar refractivity (Wildman–Crippen MR) is 160 cm³/mol. The highest BCUT2D eigenvalue weighted by atomic mass is 35.5. The highest BCUT2D eigenvalue weighted by Gasteiger charge is 2.39. The van der Waals surface area contributed by atoms with E-state index in [1.807, 2.05) is 11.4 Å². The SMILES string of the molecule is N=C1C=CC(NC(=O)C(Cc2ccccc2)N2CC(=O)N(c3cc(Cl)ccc3-n3cc(Cl)nn3)CC2=O)=C/C1=C/NC(F)F. The molecule has 1 fully saturated rings. The number of carbonyl (C=O) groups excluding carboxylic acids is 3. The predicted octanol–water partition coefficient (Wildman–Crippen LogP) is 3.65. The highest BCUT2D eigenvalue weighted by molar-refractivity contribution is 6.31. The van der Waals surface area contributed by atoms with Crippen LogP contribution >= 0.6 is 23.2 Å². The molecular weight excluding hydrogens is 617 g/mol. The fourth-order valence-electron chi connectivity index (χ4n) is 4.72. The van der Waals surface area contributed by atoms with E-state index in [-0.39, 0.29) is 35.1 Å². The van der Waals surface area contributed by atoms with Crippen molar-refractivity contribution in [3.63, 3.8) is 0 Å². The molecular formula is C29H24Cl2F2N8O3. The molecule has 1 saturated heterocycles.